The van der Waals surface area contributed by atoms with Crippen LogP contribution in [-0.2, 0) is 40.0 Å². The van der Waals surface area contributed by atoms with Crippen LogP contribution in [0.25, 0.3) is 0 Å². The highest BCUT2D eigenvalue weighted by atomic mass is 19.4. The Balaban J connectivity index is 1.20. The van der Waals surface area contributed by atoms with E-state index in [2.05, 4.69) is 15.2 Å². The van der Waals surface area contributed by atoms with Crippen molar-refractivity contribution in [1.29, 1.82) is 0 Å². The second-order valence-corrected chi connectivity index (χ2v) is 9.80. The Morgan fingerprint density at radius 3 is 2.86 bits per heavy atom. The van der Waals surface area contributed by atoms with Gasteiger partial charge in [-0.15, -0.1) is 0 Å². The van der Waals surface area contributed by atoms with E-state index in [0.717, 1.165) is 30.2 Å². The Kier molecular flexibility index (Phi) is 7.57. The number of carbonyl (C=O) groups is 1. The predicted molar refractivity (Wildman–Crippen MR) is 126 cm³/mol. The van der Waals surface area contributed by atoms with Crippen LogP contribution >= 0.6 is 0 Å². The van der Waals surface area contributed by atoms with Gasteiger partial charge in [0, 0.05) is 51.2 Å². The molecule has 36 heavy (non-hydrogen) atoms. The van der Waals surface area contributed by atoms with Gasteiger partial charge in [-0.2, -0.15) is 13.2 Å². The van der Waals surface area contributed by atoms with E-state index in [1.165, 1.54) is 6.07 Å². The number of alkyl halides is 3. The number of pyridine rings is 1. The maximum Gasteiger partial charge on any atom is 0.416 e. The number of halogens is 3. The van der Waals surface area contributed by atoms with Gasteiger partial charge in [0.2, 0.25) is 5.91 Å². The normalized spacial score (nSPS) is 25.1. The molecule has 7 nitrogen and oxygen atoms in total. The summed E-state index contributed by atoms with van der Waals surface area (Å²) in [5, 5.41) is 3.14. The number of carbonyl (C=O) groups excluding carboxylic acids is 1. The van der Waals surface area contributed by atoms with Crippen molar-refractivity contribution in [3.8, 4) is 0 Å². The van der Waals surface area contributed by atoms with Gasteiger partial charge >= 0.3 is 6.18 Å². The van der Waals surface area contributed by atoms with Gasteiger partial charge in [-0.3, -0.25) is 19.6 Å². The molecule has 1 aromatic carbocycles. The maximum absolute atomic E-state index is 13.1. The highest BCUT2D eigenvalue weighted by Gasteiger charge is 2.39. The molecule has 10 heteroatoms. The van der Waals surface area contributed by atoms with Crippen molar-refractivity contribution < 1.29 is 27.4 Å². The minimum Gasteiger partial charge on any atom is -0.380 e. The number of ether oxygens (including phenoxy) is 2. The first-order chi connectivity index (χ1) is 17.3. The Hall–Kier alpha value is -2.53. The Bertz CT molecular complexity index is 1050. The Morgan fingerprint density at radius 1 is 1.22 bits per heavy atom. The smallest absolute Gasteiger partial charge is 0.380 e. The first kappa shape index (κ1) is 25.1. The van der Waals surface area contributed by atoms with Gasteiger partial charge in [-0.25, -0.2) is 0 Å². The standard InChI is InChI=1S/C26H31F3N4O3/c27-26(28,29)21-4-3-19-5-8-32(12-20(19)10-21)15-25(34)31-23-13-33(22-6-9-35-17-22)14-24(23)36-16-18-2-1-7-30-11-18/h1-4,7,10-11,22-24H,5-6,8-9,12-17H2,(H,31,34)/t22?,23?,24-/m0/s1. The molecular formula is C26H31F3N4O3. The fourth-order valence-electron chi connectivity index (χ4n) is 5.29. The van der Waals surface area contributed by atoms with Crippen molar-refractivity contribution in [2.45, 2.75) is 50.4 Å². The van der Waals surface area contributed by atoms with Gasteiger partial charge in [-0.1, -0.05) is 12.1 Å². The molecule has 0 saturated carbocycles. The number of benzene rings is 1. The predicted octanol–water partition coefficient (Wildman–Crippen LogP) is 2.63. The van der Waals surface area contributed by atoms with Crippen LogP contribution in [0.15, 0.2) is 42.7 Å². The molecule has 0 radical (unpaired) electrons. The SMILES string of the molecule is O=C(CN1CCc2ccc(C(F)(F)F)cc2C1)NC1CN(C2CCOC2)C[C@@H]1OCc1cccnc1. The molecule has 5 rings (SSSR count). The molecule has 0 aliphatic carbocycles. The van der Waals surface area contributed by atoms with Crippen molar-refractivity contribution >= 4 is 5.91 Å². The van der Waals surface area contributed by atoms with Crippen LogP contribution in [0.1, 0.15) is 28.7 Å². The lowest BCUT2D eigenvalue weighted by Crippen LogP contribution is -2.48. The number of rotatable bonds is 7. The molecule has 1 aromatic heterocycles. The zero-order valence-corrected chi connectivity index (χ0v) is 20.0. The minimum absolute atomic E-state index is 0.133. The summed E-state index contributed by atoms with van der Waals surface area (Å²) in [6, 6.07) is 7.86. The van der Waals surface area contributed by atoms with E-state index in [0.29, 0.717) is 57.4 Å². The Morgan fingerprint density at radius 2 is 2.11 bits per heavy atom. The van der Waals surface area contributed by atoms with Crippen LogP contribution in [0.4, 0.5) is 13.2 Å². The fraction of sp³-hybridized carbons (Fsp3) is 0.538. The lowest BCUT2D eigenvalue weighted by atomic mass is 9.97. The highest BCUT2D eigenvalue weighted by molar-refractivity contribution is 5.78. The molecule has 1 N–H and O–H groups in total. The summed E-state index contributed by atoms with van der Waals surface area (Å²) in [7, 11) is 0. The van der Waals surface area contributed by atoms with Crippen molar-refractivity contribution in [3.05, 3.63) is 65.0 Å². The summed E-state index contributed by atoms with van der Waals surface area (Å²) in [5.41, 5.74) is 1.86. The largest absolute Gasteiger partial charge is 0.416 e. The number of amides is 1. The summed E-state index contributed by atoms with van der Waals surface area (Å²) in [4.78, 5) is 21.4. The highest BCUT2D eigenvalue weighted by Crippen LogP contribution is 2.32. The number of hydrogen-bond donors (Lipinski definition) is 1. The van der Waals surface area contributed by atoms with E-state index in [4.69, 9.17) is 9.47 Å². The zero-order valence-electron chi connectivity index (χ0n) is 20.0. The number of nitrogens with zero attached hydrogens (tertiary/aromatic N) is 3. The van der Waals surface area contributed by atoms with Crippen LogP contribution in [-0.4, -0.2) is 78.3 Å². The van der Waals surface area contributed by atoms with Crippen molar-refractivity contribution in [3.63, 3.8) is 0 Å². The molecule has 0 spiro atoms. The third kappa shape index (κ3) is 6.05. The van der Waals surface area contributed by atoms with Crippen LogP contribution in [0, 0.1) is 0 Å². The average molecular weight is 505 g/mol. The van der Waals surface area contributed by atoms with Crippen LogP contribution in [0.5, 0.6) is 0 Å². The minimum atomic E-state index is -4.38. The summed E-state index contributed by atoms with van der Waals surface area (Å²) in [6.45, 7) is 4.30. The van der Waals surface area contributed by atoms with E-state index in [1.54, 1.807) is 18.5 Å². The van der Waals surface area contributed by atoms with Crippen molar-refractivity contribution in [2.75, 3.05) is 39.4 Å². The van der Waals surface area contributed by atoms with Crippen molar-refractivity contribution in [1.82, 2.24) is 20.1 Å². The molecule has 2 aromatic rings. The molecular weight excluding hydrogens is 473 g/mol. The quantitative estimate of drug-likeness (QED) is 0.626. The van der Waals surface area contributed by atoms with Gasteiger partial charge in [0.05, 0.1) is 37.5 Å². The van der Waals surface area contributed by atoms with E-state index in [9.17, 15) is 18.0 Å². The van der Waals surface area contributed by atoms with E-state index in [-0.39, 0.29) is 24.6 Å². The number of hydrogen-bond acceptors (Lipinski definition) is 6. The summed E-state index contributed by atoms with van der Waals surface area (Å²) < 4.78 is 51.2. The third-order valence-corrected chi connectivity index (χ3v) is 7.24. The Labute approximate surface area is 208 Å². The van der Waals surface area contributed by atoms with Gasteiger partial charge in [-0.05, 0) is 47.7 Å². The molecule has 2 fully saturated rings. The van der Waals surface area contributed by atoms with Gasteiger partial charge in [0.25, 0.3) is 0 Å². The fourth-order valence-corrected chi connectivity index (χ4v) is 5.29. The zero-order chi connectivity index (χ0) is 25.1. The topological polar surface area (TPSA) is 66.9 Å². The van der Waals surface area contributed by atoms with E-state index in [1.807, 2.05) is 17.0 Å². The average Bonchev–Trinajstić information content (AvgIpc) is 3.53. The molecule has 0 bridgehead atoms. The third-order valence-electron chi connectivity index (χ3n) is 7.24. The molecule has 3 aliphatic heterocycles. The van der Waals surface area contributed by atoms with Crippen LogP contribution in [0.2, 0.25) is 0 Å². The molecule has 4 heterocycles. The number of fused-ring (bicyclic) bond motifs is 1. The number of likely N-dealkylation sites (tertiary alicyclic amines) is 1. The first-order valence-electron chi connectivity index (χ1n) is 12.4. The monoisotopic (exact) mass is 504 g/mol. The molecule has 2 saturated heterocycles. The van der Waals surface area contributed by atoms with E-state index < -0.39 is 11.7 Å². The van der Waals surface area contributed by atoms with Crippen LogP contribution < -0.4 is 5.32 Å². The molecule has 3 atom stereocenters. The van der Waals surface area contributed by atoms with E-state index >= 15 is 0 Å². The number of aromatic nitrogens is 1. The molecule has 1 amide bonds. The summed E-state index contributed by atoms with van der Waals surface area (Å²) in [6.07, 6.45) is 0.514. The first-order valence-corrected chi connectivity index (χ1v) is 12.4. The lowest BCUT2D eigenvalue weighted by molar-refractivity contribution is -0.137. The lowest BCUT2D eigenvalue weighted by Gasteiger charge is -2.29. The van der Waals surface area contributed by atoms with Crippen molar-refractivity contribution in [2.24, 2.45) is 0 Å². The molecule has 3 aliphatic rings. The number of nitrogens with one attached hydrogen (secondary N) is 1. The molecule has 2 unspecified atom stereocenters. The van der Waals surface area contributed by atoms with Crippen LogP contribution in [0.3, 0.4) is 0 Å². The van der Waals surface area contributed by atoms with Gasteiger partial charge < -0.3 is 14.8 Å². The summed E-state index contributed by atoms with van der Waals surface area (Å²) in [5.74, 6) is -0.144. The molecule has 194 valence electrons. The van der Waals surface area contributed by atoms with Gasteiger partial charge in [0.1, 0.15) is 0 Å². The maximum atomic E-state index is 13.1. The second kappa shape index (κ2) is 10.8. The van der Waals surface area contributed by atoms with Gasteiger partial charge in [0.15, 0.2) is 0 Å². The second-order valence-electron chi connectivity index (χ2n) is 9.80. The summed E-state index contributed by atoms with van der Waals surface area (Å²) >= 11 is 0.